The Kier molecular flexibility index (Phi) is 4.43. The molecule has 20 heavy (non-hydrogen) atoms. The quantitative estimate of drug-likeness (QED) is 0.649. The van der Waals surface area contributed by atoms with E-state index in [1.54, 1.807) is 6.92 Å². The summed E-state index contributed by atoms with van der Waals surface area (Å²) in [6, 6.07) is 0. The molecule has 0 saturated carbocycles. The molecule has 0 spiro atoms. The fourth-order valence-corrected chi connectivity index (χ4v) is 2.78. The molecule has 1 aliphatic heterocycles. The van der Waals surface area contributed by atoms with Crippen molar-refractivity contribution in [2.45, 2.75) is 36.8 Å². The third kappa shape index (κ3) is 3.19. The van der Waals surface area contributed by atoms with Crippen LogP contribution >= 0.6 is 11.8 Å². The molecular formula is C12H15N3O4S. The number of rotatable bonds is 4. The summed E-state index contributed by atoms with van der Waals surface area (Å²) < 4.78 is 9.88. The van der Waals surface area contributed by atoms with Gasteiger partial charge in [0, 0.05) is 12.6 Å². The van der Waals surface area contributed by atoms with Crippen molar-refractivity contribution in [3.8, 4) is 0 Å². The van der Waals surface area contributed by atoms with Crippen molar-refractivity contribution in [2.24, 2.45) is 0 Å². The average molecular weight is 297 g/mol. The second kappa shape index (κ2) is 6.08. The molecular weight excluding hydrogens is 282 g/mol. The van der Waals surface area contributed by atoms with Crippen LogP contribution in [0.2, 0.25) is 0 Å². The SMILES string of the molecule is CCOC(=O)c1cnc(S[C@@H]2C[C@H](C)OC2=O)nc1N. The molecule has 0 radical (unpaired) electrons. The summed E-state index contributed by atoms with van der Waals surface area (Å²) in [7, 11) is 0. The Morgan fingerprint density at radius 1 is 1.65 bits per heavy atom. The number of nitrogens with zero attached hydrogens (tertiary/aromatic N) is 2. The zero-order valence-electron chi connectivity index (χ0n) is 11.2. The number of thioether (sulfide) groups is 1. The Morgan fingerprint density at radius 2 is 2.40 bits per heavy atom. The first kappa shape index (κ1) is 14.6. The van der Waals surface area contributed by atoms with E-state index in [0.29, 0.717) is 11.6 Å². The summed E-state index contributed by atoms with van der Waals surface area (Å²) in [5.41, 5.74) is 5.83. The number of nitrogen functional groups attached to an aromatic ring is 1. The zero-order chi connectivity index (χ0) is 14.7. The van der Waals surface area contributed by atoms with Crippen molar-refractivity contribution in [3.63, 3.8) is 0 Å². The molecule has 0 aliphatic carbocycles. The number of esters is 2. The molecule has 2 atom stereocenters. The van der Waals surface area contributed by atoms with Gasteiger partial charge < -0.3 is 15.2 Å². The summed E-state index contributed by atoms with van der Waals surface area (Å²) in [4.78, 5) is 31.1. The number of hydrogen-bond acceptors (Lipinski definition) is 8. The number of anilines is 1. The minimum Gasteiger partial charge on any atom is -0.462 e. The molecule has 2 N–H and O–H groups in total. The highest BCUT2D eigenvalue weighted by Gasteiger charge is 2.33. The normalized spacial score (nSPS) is 21.6. The van der Waals surface area contributed by atoms with Crippen molar-refractivity contribution < 1.29 is 19.1 Å². The highest BCUT2D eigenvalue weighted by molar-refractivity contribution is 8.00. The van der Waals surface area contributed by atoms with Crippen molar-refractivity contribution >= 4 is 29.5 Å². The molecule has 1 fully saturated rings. The van der Waals surface area contributed by atoms with Crippen molar-refractivity contribution in [1.82, 2.24) is 9.97 Å². The lowest BCUT2D eigenvalue weighted by Gasteiger charge is -2.07. The molecule has 2 heterocycles. The molecule has 0 bridgehead atoms. The van der Waals surface area contributed by atoms with Crippen LogP contribution in [0.1, 0.15) is 30.6 Å². The minimum absolute atomic E-state index is 0.0420. The third-order valence-corrected chi connectivity index (χ3v) is 3.74. The summed E-state index contributed by atoms with van der Waals surface area (Å²) in [5.74, 6) is -0.796. The van der Waals surface area contributed by atoms with Crippen LogP contribution in [0.5, 0.6) is 0 Å². The van der Waals surface area contributed by atoms with Gasteiger partial charge in [-0.15, -0.1) is 0 Å². The van der Waals surface area contributed by atoms with E-state index in [2.05, 4.69) is 9.97 Å². The van der Waals surface area contributed by atoms with Gasteiger partial charge in [-0.1, -0.05) is 11.8 Å². The van der Waals surface area contributed by atoms with Gasteiger partial charge >= 0.3 is 11.9 Å². The summed E-state index contributed by atoms with van der Waals surface area (Å²) in [6.45, 7) is 3.78. The topological polar surface area (TPSA) is 104 Å². The van der Waals surface area contributed by atoms with Gasteiger partial charge in [0.05, 0.1) is 6.61 Å². The van der Waals surface area contributed by atoms with Gasteiger partial charge in [-0.25, -0.2) is 14.8 Å². The van der Waals surface area contributed by atoms with Crippen LogP contribution in [0.25, 0.3) is 0 Å². The Balaban J connectivity index is 2.09. The molecule has 0 aromatic carbocycles. The van der Waals surface area contributed by atoms with Gasteiger partial charge in [0.1, 0.15) is 22.7 Å². The number of carbonyl (C=O) groups excluding carboxylic acids is 2. The van der Waals surface area contributed by atoms with Gasteiger partial charge in [-0.3, -0.25) is 4.79 Å². The van der Waals surface area contributed by atoms with Crippen LogP contribution in [-0.2, 0) is 14.3 Å². The van der Waals surface area contributed by atoms with E-state index < -0.39 is 5.97 Å². The maximum Gasteiger partial charge on any atom is 0.343 e. The van der Waals surface area contributed by atoms with Crippen molar-refractivity contribution in [2.75, 3.05) is 12.3 Å². The molecule has 1 saturated heterocycles. The predicted molar refractivity (Wildman–Crippen MR) is 72.2 cm³/mol. The zero-order valence-corrected chi connectivity index (χ0v) is 12.0. The first-order valence-corrected chi connectivity index (χ1v) is 7.06. The molecule has 1 aromatic heterocycles. The Hall–Kier alpha value is -1.83. The molecule has 1 aliphatic rings. The highest BCUT2D eigenvalue weighted by Crippen LogP contribution is 2.30. The molecule has 2 rings (SSSR count). The predicted octanol–water partition coefficient (Wildman–Crippen LogP) is 1.03. The van der Waals surface area contributed by atoms with Crippen LogP contribution in [0, 0.1) is 0 Å². The first-order chi connectivity index (χ1) is 9.51. The van der Waals surface area contributed by atoms with Gasteiger partial charge in [0.15, 0.2) is 5.16 Å². The van der Waals surface area contributed by atoms with Crippen LogP contribution in [-0.4, -0.2) is 39.9 Å². The number of nitrogens with two attached hydrogens (primary N) is 1. The number of carbonyl (C=O) groups is 2. The molecule has 0 amide bonds. The van der Waals surface area contributed by atoms with E-state index in [9.17, 15) is 9.59 Å². The monoisotopic (exact) mass is 297 g/mol. The van der Waals surface area contributed by atoms with E-state index in [1.165, 1.54) is 18.0 Å². The standard InChI is InChI=1S/C12H15N3O4S/c1-3-18-10(16)7-5-14-12(15-9(7)13)20-8-4-6(2)19-11(8)17/h5-6,8H,3-4H2,1-2H3,(H2,13,14,15)/t6-,8+/m0/s1. The van der Waals surface area contributed by atoms with E-state index in [-0.39, 0.29) is 35.3 Å². The van der Waals surface area contributed by atoms with E-state index in [1.807, 2.05) is 6.92 Å². The number of aromatic nitrogens is 2. The maximum atomic E-state index is 11.6. The number of ether oxygens (including phenoxy) is 2. The third-order valence-electron chi connectivity index (χ3n) is 2.67. The van der Waals surface area contributed by atoms with Crippen LogP contribution in [0.15, 0.2) is 11.4 Å². The van der Waals surface area contributed by atoms with Crippen molar-refractivity contribution in [3.05, 3.63) is 11.8 Å². The number of cyclic esters (lactones) is 1. The molecule has 1 aromatic rings. The van der Waals surface area contributed by atoms with Crippen LogP contribution < -0.4 is 5.73 Å². The van der Waals surface area contributed by atoms with E-state index in [0.717, 1.165) is 0 Å². The lowest BCUT2D eigenvalue weighted by Crippen LogP contribution is -2.13. The second-order valence-corrected chi connectivity index (χ2v) is 5.43. The molecule has 0 unspecified atom stereocenters. The average Bonchev–Trinajstić information content (AvgIpc) is 2.68. The van der Waals surface area contributed by atoms with Gasteiger partial charge in [-0.05, 0) is 13.8 Å². The molecule has 7 nitrogen and oxygen atoms in total. The smallest absolute Gasteiger partial charge is 0.343 e. The minimum atomic E-state index is -0.560. The molecule has 8 heteroatoms. The largest absolute Gasteiger partial charge is 0.462 e. The first-order valence-electron chi connectivity index (χ1n) is 6.18. The second-order valence-electron chi connectivity index (χ2n) is 4.26. The lowest BCUT2D eigenvalue weighted by atomic mass is 10.3. The number of hydrogen-bond donors (Lipinski definition) is 1. The summed E-state index contributed by atoms with van der Waals surface area (Å²) >= 11 is 1.18. The Morgan fingerprint density at radius 3 is 2.95 bits per heavy atom. The maximum absolute atomic E-state index is 11.6. The Bertz CT molecular complexity index is 537. The fraction of sp³-hybridized carbons (Fsp3) is 0.500. The Labute approximate surface area is 120 Å². The van der Waals surface area contributed by atoms with Gasteiger partial charge in [-0.2, -0.15) is 0 Å². The van der Waals surface area contributed by atoms with Crippen LogP contribution in [0.3, 0.4) is 0 Å². The van der Waals surface area contributed by atoms with Crippen molar-refractivity contribution in [1.29, 1.82) is 0 Å². The van der Waals surface area contributed by atoms with Gasteiger partial charge in [0.25, 0.3) is 0 Å². The van der Waals surface area contributed by atoms with E-state index in [4.69, 9.17) is 15.2 Å². The lowest BCUT2D eigenvalue weighted by molar-refractivity contribution is -0.140. The van der Waals surface area contributed by atoms with Crippen LogP contribution in [0.4, 0.5) is 5.82 Å². The summed E-state index contributed by atoms with van der Waals surface area (Å²) in [5, 5.41) is 0.00411. The highest BCUT2D eigenvalue weighted by atomic mass is 32.2. The summed E-state index contributed by atoms with van der Waals surface area (Å²) in [6.07, 6.45) is 1.81. The fourth-order valence-electron chi connectivity index (χ4n) is 1.74. The molecule has 108 valence electrons. The van der Waals surface area contributed by atoms with Gasteiger partial charge in [0.2, 0.25) is 0 Å². The van der Waals surface area contributed by atoms with E-state index >= 15 is 0 Å².